The highest BCUT2D eigenvalue weighted by Gasteiger charge is 2.30. The van der Waals surface area contributed by atoms with E-state index in [1.807, 2.05) is 0 Å². The van der Waals surface area contributed by atoms with Crippen molar-refractivity contribution in [2.75, 3.05) is 20.3 Å². The number of halogens is 1. The SMILES string of the molecule is COCc1c(C(O)CC=O)cc2n(c1=O)Cc1c-2nc2cc(F)c(C)cc2c1CNC(=O)OCCO. The smallest absolute Gasteiger partial charge is 0.407 e. The van der Waals surface area contributed by atoms with E-state index in [0.29, 0.717) is 45.3 Å². The molecule has 0 spiro atoms. The Labute approximate surface area is 205 Å². The van der Waals surface area contributed by atoms with E-state index in [9.17, 15) is 23.9 Å². The molecule has 3 heterocycles. The molecule has 3 N–H and O–H groups in total. The summed E-state index contributed by atoms with van der Waals surface area (Å²) in [5.74, 6) is -0.455. The Hall–Kier alpha value is -3.67. The molecule has 4 rings (SSSR count). The lowest BCUT2D eigenvalue weighted by molar-refractivity contribution is -0.109. The highest BCUT2D eigenvalue weighted by atomic mass is 19.1. The number of hydrogen-bond donors (Lipinski definition) is 3. The predicted octanol–water partition coefficient (Wildman–Crippen LogP) is 1.86. The molecule has 1 amide bonds. The molecule has 0 aliphatic carbocycles. The minimum Gasteiger partial charge on any atom is -0.447 e. The molecule has 0 radical (unpaired) electrons. The van der Waals surface area contributed by atoms with Gasteiger partial charge in [0.2, 0.25) is 0 Å². The fraction of sp³-hybridized carbons (Fsp3) is 0.360. The highest BCUT2D eigenvalue weighted by molar-refractivity contribution is 5.89. The average Bonchev–Trinajstić information content (AvgIpc) is 3.21. The fourth-order valence-corrected chi connectivity index (χ4v) is 4.46. The summed E-state index contributed by atoms with van der Waals surface area (Å²) in [6.45, 7) is 1.20. The summed E-state index contributed by atoms with van der Waals surface area (Å²) in [6, 6.07) is 4.53. The van der Waals surface area contributed by atoms with Crippen molar-refractivity contribution >= 4 is 23.3 Å². The molecule has 0 saturated carbocycles. The van der Waals surface area contributed by atoms with Crippen LogP contribution in [0.2, 0.25) is 0 Å². The van der Waals surface area contributed by atoms with Crippen molar-refractivity contribution < 1.29 is 33.7 Å². The zero-order chi connectivity index (χ0) is 26.0. The van der Waals surface area contributed by atoms with Gasteiger partial charge in [-0.05, 0) is 35.7 Å². The fourth-order valence-electron chi connectivity index (χ4n) is 4.46. The molecule has 0 saturated heterocycles. The number of aromatic nitrogens is 2. The summed E-state index contributed by atoms with van der Waals surface area (Å²) in [5.41, 5.74) is 2.90. The summed E-state index contributed by atoms with van der Waals surface area (Å²) < 4.78 is 26.0. The normalized spacial score (nSPS) is 12.8. The number of amides is 1. The van der Waals surface area contributed by atoms with Crippen LogP contribution in [0, 0.1) is 12.7 Å². The van der Waals surface area contributed by atoms with Crippen molar-refractivity contribution in [1.82, 2.24) is 14.9 Å². The van der Waals surface area contributed by atoms with Crippen molar-refractivity contribution in [3.8, 4) is 11.4 Å². The summed E-state index contributed by atoms with van der Waals surface area (Å²) >= 11 is 0. The Morgan fingerprint density at radius 1 is 1.33 bits per heavy atom. The van der Waals surface area contributed by atoms with Crippen LogP contribution in [-0.2, 0) is 34.0 Å². The number of pyridine rings is 2. The number of nitrogens with zero attached hydrogens (tertiary/aromatic N) is 2. The Morgan fingerprint density at radius 2 is 2.11 bits per heavy atom. The molecule has 0 fully saturated rings. The Balaban J connectivity index is 1.91. The molecular formula is C25H26FN3O7. The maximum Gasteiger partial charge on any atom is 0.407 e. The number of rotatable bonds is 9. The molecule has 1 aliphatic heterocycles. The Morgan fingerprint density at radius 3 is 2.81 bits per heavy atom. The maximum atomic E-state index is 14.4. The first-order chi connectivity index (χ1) is 17.3. The van der Waals surface area contributed by atoms with Gasteiger partial charge in [-0.15, -0.1) is 0 Å². The van der Waals surface area contributed by atoms with E-state index in [1.54, 1.807) is 19.1 Å². The molecule has 3 aromatic rings. The third kappa shape index (κ3) is 4.60. The Kier molecular flexibility index (Phi) is 7.43. The number of alkyl carbamates (subject to hydrolysis) is 1. The van der Waals surface area contributed by atoms with Gasteiger partial charge in [0.25, 0.3) is 5.56 Å². The number of aliphatic hydroxyl groups is 2. The number of carbonyl (C=O) groups is 2. The summed E-state index contributed by atoms with van der Waals surface area (Å²) in [6.07, 6.45) is -1.58. The third-order valence-electron chi connectivity index (χ3n) is 6.18. The molecular weight excluding hydrogens is 473 g/mol. The van der Waals surface area contributed by atoms with E-state index >= 15 is 0 Å². The van der Waals surface area contributed by atoms with Crippen LogP contribution in [0.4, 0.5) is 9.18 Å². The van der Waals surface area contributed by atoms with Gasteiger partial charge in [0.15, 0.2) is 0 Å². The van der Waals surface area contributed by atoms with Gasteiger partial charge in [-0.2, -0.15) is 0 Å². The first-order valence-electron chi connectivity index (χ1n) is 11.3. The van der Waals surface area contributed by atoms with Gasteiger partial charge in [0.05, 0.1) is 42.8 Å². The van der Waals surface area contributed by atoms with Gasteiger partial charge in [-0.1, -0.05) is 0 Å². The van der Waals surface area contributed by atoms with E-state index < -0.39 is 23.6 Å². The predicted molar refractivity (Wildman–Crippen MR) is 127 cm³/mol. The largest absolute Gasteiger partial charge is 0.447 e. The van der Waals surface area contributed by atoms with Crippen molar-refractivity contribution in [2.45, 2.75) is 39.1 Å². The first-order valence-corrected chi connectivity index (χ1v) is 11.3. The summed E-state index contributed by atoms with van der Waals surface area (Å²) in [7, 11) is 1.42. The average molecular weight is 499 g/mol. The van der Waals surface area contributed by atoms with Crippen LogP contribution in [0.1, 0.15) is 40.3 Å². The van der Waals surface area contributed by atoms with Crippen LogP contribution in [0.3, 0.4) is 0 Å². The first kappa shape index (κ1) is 25.4. The lowest BCUT2D eigenvalue weighted by atomic mass is 9.97. The van der Waals surface area contributed by atoms with E-state index in [-0.39, 0.29) is 50.5 Å². The summed E-state index contributed by atoms with van der Waals surface area (Å²) in [5, 5.41) is 22.7. The minimum atomic E-state index is -1.21. The number of aliphatic hydroxyl groups excluding tert-OH is 2. The lowest BCUT2D eigenvalue weighted by Crippen LogP contribution is -2.27. The van der Waals surface area contributed by atoms with Crippen LogP contribution >= 0.6 is 0 Å². The van der Waals surface area contributed by atoms with Crippen LogP contribution in [0.25, 0.3) is 22.3 Å². The number of fused-ring (bicyclic) bond motifs is 4. The molecule has 1 unspecified atom stereocenters. The number of aryl methyl sites for hydroxylation is 1. The van der Waals surface area contributed by atoms with Crippen LogP contribution in [0.15, 0.2) is 23.0 Å². The van der Waals surface area contributed by atoms with Gasteiger partial charge < -0.3 is 34.4 Å². The monoisotopic (exact) mass is 499 g/mol. The van der Waals surface area contributed by atoms with Gasteiger partial charge in [0, 0.05) is 42.7 Å². The molecule has 0 bridgehead atoms. The molecule has 10 nitrogen and oxygen atoms in total. The molecule has 2 aromatic heterocycles. The maximum absolute atomic E-state index is 14.4. The number of hydrogen-bond acceptors (Lipinski definition) is 8. The standard InChI is InChI=1S/C25H26FN3O7/c1-13-7-14-16(10-27-25(34)36-6-5-31)17-11-29-21(23(17)28-20(14)9-19(13)26)8-15(22(32)3-4-30)18(12-35-2)24(29)33/h4,7-9,22,31-32H,3,5-6,10-12H2,1-2H3,(H,27,34). The van der Waals surface area contributed by atoms with E-state index in [1.165, 1.54) is 17.7 Å². The number of aldehydes is 1. The zero-order valence-corrected chi connectivity index (χ0v) is 19.8. The highest BCUT2D eigenvalue weighted by Crippen LogP contribution is 2.37. The minimum absolute atomic E-state index is 0.00494. The van der Waals surface area contributed by atoms with Gasteiger partial charge in [-0.3, -0.25) is 4.79 Å². The molecule has 1 aromatic carbocycles. The van der Waals surface area contributed by atoms with Crippen LogP contribution in [0.5, 0.6) is 0 Å². The van der Waals surface area contributed by atoms with Gasteiger partial charge >= 0.3 is 6.09 Å². The summed E-state index contributed by atoms with van der Waals surface area (Å²) in [4.78, 5) is 41.2. The second-order valence-electron chi connectivity index (χ2n) is 8.46. The zero-order valence-electron chi connectivity index (χ0n) is 19.8. The molecule has 11 heteroatoms. The molecule has 1 atom stereocenters. The second-order valence-corrected chi connectivity index (χ2v) is 8.46. The third-order valence-corrected chi connectivity index (χ3v) is 6.18. The quantitative estimate of drug-likeness (QED) is 0.297. The lowest BCUT2D eigenvalue weighted by Gasteiger charge is -2.16. The van der Waals surface area contributed by atoms with Crippen molar-refractivity contribution in [2.24, 2.45) is 0 Å². The molecule has 36 heavy (non-hydrogen) atoms. The number of ether oxygens (including phenoxy) is 2. The molecule has 1 aliphatic rings. The van der Waals surface area contributed by atoms with Crippen molar-refractivity contribution in [3.05, 3.63) is 62.2 Å². The van der Waals surface area contributed by atoms with Gasteiger partial charge in [0.1, 0.15) is 18.7 Å². The van der Waals surface area contributed by atoms with E-state index in [4.69, 9.17) is 14.6 Å². The van der Waals surface area contributed by atoms with Crippen molar-refractivity contribution in [1.29, 1.82) is 0 Å². The molecule has 190 valence electrons. The number of carbonyl (C=O) groups excluding carboxylic acids is 2. The second kappa shape index (κ2) is 10.5. The topological polar surface area (TPSA) is 140 Å². The number of nitrogens with one attached hydrogen (secondary N) is 1. The van der Waals surface area contributed by atoms with E-state index in [0.717, 1.165) is 0 Å². The number of benzene rings is 1. The van der Waals surface area contributed by atoms with Crippen LogP contribution in [-0.4, -0.2) is 52.5 Å². The van der Waals surface area contributed by atoms with Crippen LogP contribution < -0.4 is 10.9 Å². The Bertz CT molecular complexity index is 1400. The van der Waals surface area contributed by atoms with E-state index in [2.05, 4.69) is 10.3 Å². The number of methoxy groups -OCH3 is 1. The van der Waals surface area contributed by atoms with Crippen molar-refractivity contribution in [3.63, 3.8) is 0 Å². The van der Waals surface area contributed by atoms with Gasteiger partial charge in [-0.25, -0.2) is 14.2 Å².